The summed E-state index contributed by atoms with van der Waals surface area (Å²) in [6.07, 6.45) is 0. The number of nitrogens with one attached hydrogen (secondary N) is 2. The molecule has 0 saturated carbocycles. The minimum Gasteiger partial charge on any atom is -0.346 e. The van der Waals surface area contributed by atoms with E-state index in [-0.39, 0.29) is 11.9 Å². The highest BCUT2D eigenvalue weighted by Crippen LogP contribution is 2.24. The molecule has 7 nitrogen and oxygen atoms in total. The maximum absolute atomic E-state index is 13.2. The van der Waals surface area contributed by atoms with Crippen molar-refractivity contribution >= 4 is 23.4 Å². The van der Waals surface area contributed by atoms with Crippen molar-refractivity contribution in [1.82, 2.24) is 15.1 Å². The van der Waals surface area contributed by atoms with Crippen molar-refractivity contribution in [3.63, 3.8) is 0 Å². The number of rotatable bonds is 5. The summed E-state index contributed by atoms with van der Waals surface area (Å²) in [7, 11) is 0. The number of anilines is 1. The first-order valence-electron chi connectivity index (χ1n) is 10.6. The molecule has 1 aliphatic heterocycles. The van der Waals surface area contributed by atoms with Crippen LogP contribution in [0, 0.1) is 6.92 Å². The second kappa shape index (κ2) is 10.2. The summed E-state index contributed by atoms with van der Waals surface area (Å²) in [4.78, 5) is 41.3. The Morgan fingerprint density at radius 3 is 2.06 bits per heavy atom. The number of hydrogen-bond donors (Lipinski definition) is 2. The Labute approximate surface area is 183 Å². The van der Waals surface area contributed by atoms with Gasteiger partial charge < -0.3 is 15.5 Å². The van der Waals surface area contributed by atoms with E-state index in [4.69, 9.17) is 0 Å². The molecular formula is C24H30N4O3. The van der Waals surface area contributed by atoms with Gasteiger partial charge in [-0.3, -0.25) is 19.3 Å². The van der Waals surface area contributed by atoms with E-state index in [0.29, 0.717) is 26.2 Å². The summed E-state index contributed by atoms with van der Waals surface area (Å²) < 4.78 is 0. The van der Waals surface area contributed by atoms with Crippen LogP contribution in [0.15, 0.2) is 54.6 Å². The van der Waals surface area contributed by atoms with Gasteiger partial charge in [0.1, 0.15) is 6.04 Å². The molecule has 3 rings (SSSR count). The van der Waals surface area contributed by atoms with Crippen molar-refractivity contribution in [3.05, 3.63) is 65.7 Å². The lowest BCUT2D eigenvalue weighted by molar-refractivity contribution is -0.147. The lowest BCUT2D eigenvalue weighted by Crippen LogP contribution is -2.55. The SMILES string of the molecule is Cc1ccc(NC(=O)C(c2ccccc2)N2CCN(C(=O)C(=O)NC(C)C)CC2)cc1. The second-order valence-electron chi connectivity index (χ2n) is 8.12. The van der Waals surface area contributed by atoms with E-state index in [9.17, 15) is 14.4 Å². The molecule has 0 bridgehead atoms. The average molecular weight is 423 g/mol. The highest BCUT2D eigenvalue weighted by atomic mass is 16.2. The van der Waals surface area contributed by atoms with Crippen molar-refractivity contribution in [2.75, 3.05) is 31.5 Å². The molecule has 31 heavy (non-hydrogen) atoms. The first-order valence-corrected chi connectivity index (χ1v) is 10.6. The fourth-order valence-corrected chi connectivity index (χ4v) is 3.66. The third-order valence-electron chi connectivity index (χ3n) is 5.26. The fraction of sp³-hybridized carbons (Fsp3) is 0.375. The standard InChI is InChI=1S/C24H30N4O3/c1-17(2)25-23(30)24(31)28-15-13-27(14-16-28)21(19-7-5-4-6-8-19)22(29)26-20-11-9-18(3)10-12-20/h4-12,17,21H,13-16H2,1-3H3,(H,25,30)(H,26,29). The fourth-order valence-electron chi connectivity index (χ4n) is 3.66. The predicted molar refractivity (Wildman–Crippen MR) is 120 cm³/mol. The van der Waals surface area contributed by atoms with Crippen molar-refractivity contribution in [2.24, 2.45) is 0 Å². The summed E-state index contributed by atoms with van der Waals surface area (Å²) in [5, 5.41) is 5.65. The number of carbonyl (C=O) groups excluding carboxylic acids is 3. The molecule has 1 fully saturated rings. The van der Waals surface area contributed by atoms with Gasteiger partial charge in [0, 0.05) is 37.9 Å². The number of aryl methyl sites for hydroxylation is 1. The van der Waals surface area contributed by atoms with E-state index >= 15 is 0 Å². The minimum atomic E-state index is -0.583. The number of amides is 3. The summed E-state index contributed by atoms with van der Waals surface area (Å²) in [5.41, 5.74) is 2.76. The van der Waals surface area contributed by atoms with E-state index in [1.165, 1.54) is 0 Å². The smallest absolute Gasteiger partial charge is 0.311 e. The van der Waals surface area contributed by atoms with Gasteiger partial charge in [-0.2, -0.15) is 0 Å². The van der Waals surface area contributed by atoms with Gasteiger partial charge in [-0.15, -0.1) is 0 Å². The summed E-state index contributed by atoms with van der Waals surface area (Å²) in [6, 6.07) is 16.7. The molecule has 3 amide bonds. The first kappa shape index (κ1) is 22.5. The molecule has 2 N–H and O–H groups in total. The van der Waals surface area contributed by atoms with Crippen LogP contribution in [0.1, 0.15) is 31.0 Å². The number of nitrogens with zero attached hydrogens (tertiary/aromatic N) is 2. The molecule has 2 aromatic rings. The monoisotopic (exact) mass is 422 g/mol. The number of hydrogen-bond acceptors (Lipinski definition) is 4. The van der Waals surface area contributed by atoms with Gasteiger partial charge in [0.25, 0.3) is 0 Å². The molecule has 0 radical (unpaired) electrons. The van der Waals surface area contributed by atoms with Crippen molar-refractivity contribution in [3.8, 4) is 0 Å². The maximum atomic E-state index is 13.2. The molecule has 1 unspecified atom stereocenters. The quantitative estimate of drug-likeness (QED) is 0.725. The summed E-state index contributed by atoms with van der Waals surface area (Å²) in [6.45, 7) is 7.43. The van der Waals surface area contributed by atoms with Gasteiger partial charge in [-0.1, -0.05) is 48.0 Å². The molecule has 1 aliphatic rings. The zero-order valence-electron chi connectivity index (χ0n) is 18.3. The Kier molecular flexibility index (Phi) is 7.41. The molecule has 0 aromatic heterocycles. The van der Waals surface area contributed by atoms with Crippen LogP contribution in [0.5, 0.6) is 0 Å². The van der Waals surface area contributed by atoms with Crippen LogP contribution in [0.3, 0.4) is 0 Å². The zero-order valence-corrected chi connectivity index (χ0v) is 18.3. The van der Waals surface area contributed by atoms with E-state index in [2.05, 4.69) is 15.5 Å². The Bertz CT molecular complexity index is 904. The van der Waals surface area contributed by atoms with Crippen LogP contribution >= 0.6 is 0 Å². The first-order chi connectivity index (χ1) is 14.8. The van der Waals surface area contributed by atoms with Gasteiger partial charge in [0.05, 0.1) is 0 Å². The van der Waals surface area contributed by atoms with Crippen LogP contribution in [0.25, 0.3) is 0 Å². The number of benzene rings is 2. The third kappa shape index (κ3) is 5.92. The summed E-state index contributed by atoms with van der Waals surface area (Å²) >= 11 is 0. The maximum Gasteiger partial charge on any atom is 0.311 e. The van der Waals surface area contributed by atoms with E-state index < -0.39 is 17.9 Å². The lowest BCUT2D eigenvalue weighted by atomic mass is 10.0. The molecule has 0 spiro atoms. The van der Waals surface area contributed by atoms with Crippen LogP contribution in [-0.4, -0.2) is 59.7 Å². The van der Waals surface area contributed by atoms with Gasteiger partial charge in [-0.25, -0.2) is 0 Å². The number of piperazine rings is 1. The van der Waals surface area contributed by atoms with Crippen molar-refractivity contribution in [1.29, 1.82) is 0 Å². The summed E-state index contributed by atoms with van der Waals surface area (Å²) in [5.74, 6) is -1.22. The van der Waals surface area contributed by atoms with Gasteiger partial charge >= 0.3 is 11.8 Å². The van der Waals surface area contributed by atoms with Gasteiger partial charge in [0.15, 0.2) is 0 Å². The Morgan fingerprint density at radius 1 is 0.871 bits per heavy atom. The van der Waals surface area contributed by atoms with E-state index in [0.717, 1.165) is 16.8 Å². The molecule has 1 atom stereocenters. The molecule has 0 aliphatic carbocycles. The third-order valence-corrected chi connectivity index (χ3v) is 5.26. The molecular weight excluding hydrogens is 392 g/mol. The van der Waals surface area contributed by atoms with Gasteiger partial charge in [-0.05, 0) is 38.5 Å². The Morgan fingerprint density at radius 2 is 1.48 bits per heavy atom. The minimum absolute atomic E-state index is 0.0920. The van der Waals surface area contributed by atoms with E-state index in [1.807, 2.05) is 75.4 Å². The number of carbonyl (C=O) groups is 3. The lowest BCUT2D eigenvalue weighted by Gasteiger charge is -2.38. The molecule has 2 aromatic carbocycles. The van der Waals surface area contributed by atoms with E-state index in [1.54, 1.807) is 4.90 Å². The second-order valence-corrected chi connectivity index (χ2v) is 8.12. The van der Waals surface area contributed by atoms with Crippen LogP contribution in [0.2, 0.25) is 0 Å². The van der Waals surface area contributed by atoms with Crippen LogP contribution < -0.4 is 10.6 Å². The Balaban J connectivity index is 1.71. The molecule has 1 heterocycles. The molecule has 7 heteroatoms. The van der Waals surface area contributed by atoms with Gasteiger partial charge in [0.2, 0.25) is 5.91 Å². The average Bonchev–Trinajstić information content (AvgIpc) is 2.76. The van der Waals surface area contributed by atoms with Crippen molar-refractivity contribution < 1.29 is 14.4 Å². The molecule has 1 saturated heterocycles. The zero-order chi connectivity index (χ0) is 22.4. The molecule has 164 valence electrons. The normalized spacial score (nSPS) is 15.4. The predicted octanol–water partition coefficient (Wildman–Crippen LogP) is 2.34. The van der Waals surface area contributed by atoms with Crippen LogP contribution in [0.4, 0.5) is 5.69 Å². The highest BCUT2D eigenvalue weighted by Gasteiger charge is 2.33. The Hall–Kier alpha value is -3.19. The van der Waals surface area contributed by atoms with Crippen LogP contribution in [-0.2, 0) is 14.4 Å². The highest BCUT2D eigenvalue weighted by molar-refractivity contribution is 6.35. The largest absolute Gasteiger partial charge is 0.346 e. The van der Waals surface area contributed by atoms with Crippen molar-refractivity contribution in [2.45, 2.75) is 32.9 Å². The topological polar surface area (TPSA) is 81.8 Å².